The summed E-state index contributed by atoms with van der Waals surface area (Å²) in [6, 6.07) is 0.386. The van der Waals surface area contributed by atoms with Gasteiger partial charge in [0.15, 0.2) is 8.32 Å². The number of hydrogen-bond acceptors (Lipinski definition) is 12. The minimum atomic E-state index is -5.34. The van der Waals surface area contributed by atoms with Gasteiger partial charge in [-0.3, -0.25) is 9.13 Å². The number of hydrogen-bond donors (Lipinski definition) is 1. The minimum absolute atomic E-state index is 0.0520. The maximum atomic E-state index is 16.7. The molecule has 3 unspecified atom stereocenters. The van der Waals surface area contributed by atoms with E-state index in [-0.39, 0.29) is 31.5 Å². The highest BCUT2D eigenvalue weighted by molar-refractivity contribution is 7.55. The van der Waals surface area contributed by atoms with Crippen LogP contribution in [0.3, 0.4) is 0 Å². The first kappa shape index (κ1) is 50.0. The molecule has 0 radical (unpaired) electrons. The Hall–Kier alpha value is 0.0218. The van der Waals surface area contributed by atoms with E-state index in [1.807, 2.05) is 33.8 Å². The quantitative estimate of drug-likeness (QED) is 0.0406. The summed E-state index contributed by atoms with van der Waals surface area (Å²) in [5.41, 5.74) is -11.6. The second-order valence-electron chi connectivity index (χ2n) is 14.6. The van der Waals surface area contributed by atoms with Crippen LogP contribution in [0, 0.1) is 17.2 Å². The lowest BCUT2D eigenvalue weighted by molar-refractivity contribution is -0.146. The van der Waals surface area contributed by atoms with E-state index in [2.05, 4.69) is 0 Å². The van der Waals surface area contributed by atoms with Crippen LogP contribution < -0.4 is 0 Å². The molecule has 1 rings (SSSR count). The molecule has 1 saturated heterocycles. The molecule has 0 saturated carbocycles. The Morgan fingerprint density at radius 2 is 1.33 bits per heavy atom. The Morgan fingerprint density at radius 3 is 1.65 bits per heavy atom. The second kappa shape index (κ2) is 19.9. The summed E-state index contributed by atoms with van der Waals surface area (Å²) in [6.07, 6.45) is -4.98. The van der Waals surface area contributed by atoms with Gasteiger partial charge in [0.2, 0.25) is 0 Å². The summed E-state index contributed by atoms with van der Waals surface area (Å²) in [7, 11) is -14.4. The molecule has 1 aliphatic rings. The predicted molar refractivity (Wildman–Crippen MR) is 199 cm³/mol. The van der Waals surface area contributed by atoms with Gasteiger partial charge in [-0.05, 0) is 79.9 Å². The minimum Gasteiger partial charge on any atom is -0.432 e. The average molecular weight is 831 g/mol. The first-order valence-corrected chi connectivity index (χ1v) is 25.1. The van der Waals surface area contributed by atoms with E-state index in [1.165, 1.54) is 35.5 Å². The molecule has 0 amide bonds. The van der Waals surface area contributed by atoms with Crippen LogP contribution in [0.5, 0.6) is 0 Å². The molecule has 1 fully saturated rings. The van der Waals surface area contributed by atoms with Gasteiger partial charge in [0.1, 0.15) is 13.4 Å². The maximum Gasteiger partial charge on any atom is 0.399 e. The van der Waals surface area contributed by atoms with Crippen LogP contribution in [0.2, 0.25) is 18.1 Å². The van der Waals surface area contributed by atoms with Crippen LogP contribution in [0.15, 0.2) is 0 Å². The normalized spacial score (nSPS) is 21.3. The molecule has 21 heteroatoms. The Labute approximate surface area is 311 Å². The molecule has 52 heavy (non-hydrogen) atoms. The lowest BCUT2D eigenvalue weighted by Gasteiger charge is -2.45. The van der Waals surface area contributed by atoms with E-state index in [0.717, 1.165) is 0 Å². The summed E-state index contributed by atoms with van der Waals surface area (Å²) >= 11 is 0. The molecular formula is C31H62BF4N2O10P3Si. The third-order valence-corrected chi connectivity index (χ3v) is 19.2. The molecule has 0 aromatic carbocycles. The van der Waals surface area contributed by atoms with Gasteiger partial charge in [0, 0.05) is 24.0 Å². The fraction of sp³-hybridized carbons (Fsp3) is 0.968. The maximum absolute atomic E-state index is 16.7. The van der Waals surface area contributed by atoms with Crippen LogP contribution in [0.4, 0.5) is 17.6 Å². The van der Waals surface area contributed by atoms with Crippen molar-refractivity contribution >= 4 is 39.9 Å². The third-order valence-electron chi connectivity index (χ3n) is 9.22. The van der Waals surface area contributed by atoms with Crippen LogP contribution >= 0.6 is 23.7 Å². The van der Waals surface area contributed by atoms with E-state index < -0.39 is 111 Å². The molecule has 0 aromatic heterocycles. The molecule has 0 spiro atoms. The number of halogens is 4. The zero-order valence-corrected chi connectivity index (χ0v) is 36.8. The highest BCUT2D eigenvalue weighted by Gasteiger charge is 2.70. The largest absolute Gasteiger partial charge is 0.432 e. The standard InChI is InChI=1S/C31H62BF4N2O10P3Si/c1-13-43-50(39,44-14-2)30(33,34)21-29(22-31(35,36)51(40,45-15-3)46-16-4)26(25(27(32)47-29)20-28(9,10)52(11,12)41)48-49(42-19-17-18-37)38(23(5)6)24(7)8/h23-27,41H,13-17,19-22,32H2,1-12H3/t25?,26?,27-,49?/m1/s1. The Bertz CT molecular complexity index is 1190. The van der Waals surface area contributed by atoms with Crippen LogP contribution in [0.25, 0.3) is 0 Å². The van der Waals surface area contributed by atoms with E-state index >= 15 is 17.6 Å². The molecule has 1 aliphatic heterocycles. The van der Waals surface area contributed by atoms with E-state index in [4.69, 9.17) is 31.9 Å². The zero-order valence-electron chi connectivity index (χ0n) is 33.1. The van der Waals surface area contributed by atoms with E-state index in [1.54, 1.807) is 31.6 Å². The highest BCUT2D eigenvalue weighted by atomic mass is 31.2. The van der Waals surface area contributed by atoms with Crippen molar-refractivity contribution in [3.63, 3.8) is 0 Å². The summed E-state index contributed by atoms with van der Waals surface area (Å²) in [5, 5.41) is 8.45. The van der Waals surface area contributed by atoms with Gasteiger partial charge in [-0.25, -0.2) is 4.67 Å². The van der Waals surface area contributed by atoms with E-state index in [0.29, 0.717) is 0 Å². The number of ether oxygens (including phenoxy) is 1. The van der Waals surface area contributed by atoms with Crippen molar-refractivity contribution in [2.45, 2.75) is 154 Å². The first-order chi connectivity index (χ1) is 23.7. The molecular weight excluding hydrogens is 768 g/mol. The van der Waals surface area contributed by atoms with Crippen molar-refractivity contribution in [3.05, 3.63) is 0 Å². The molecule has 1 N–H and O–H groups in total. The van der Waals surface area contributed by atoms with Gasteiger partial charge in [0.25, 0.3) is 8.53 Å². The van der Waals surface area contributed by atoms with Crippen molar-refractivity contribution in [1.29, 1.82) is 5.26 Å². The SMILES string of the molecule is B[C@@H]1OC(CC(F)(F)P(=O)(OCC)OCC)(CC(F)(F)P(=O)(OCC)OCC)C(OP(OCCC#N)N(C(C)C)C(C)C)C1CC(C)(C)[Si](C)(C)O. The lowest BCUT2D eigenvalue weighted by atomic mass is 9.75. The second-order valence-corrected chi connectivity index (χ2v) is 24.8. The van der Waals surface area contributed by atoms with Crippen molar-refractivity contribution < 1.29 is 63.4 Å². The van der Waals surface area contributed by atoms with Gasteiger partial charge in [-0.2, -0.15) is 22.8 Å². The van der Waals surface area contributed by atoms with Crippen LogP contribution in [-0.2, 0) is 41.0 Å². The van der Waals surface area contributed by atoms with Gasteiger partial charge < -0.3 is 36.7 Å². The monoisotopic (exact) mass is 830 g/mol. The Kier molecular flexibility index (Phi) is 19.2. The fourth-order valence-electron chi connectivity index (χ4n) is 6.23. The number of nitriles is 1. The fourth-order valence-corrected chi connectivity index (χ4v) is 12.0. The van der Waals surface area contributed by atoms with Gasteiger partial charge in [-0.15, -0.1) is 0 Å². The molecule has 1 heterocycles. The number of rotatable bonds is 25. The smallest absolute Gasteiger partial charge is 0.399 e. The van der Waals surface area contributed by atoms with Crippen molar-refractivity contribution in [1.82, 2.24) is 4.67 Å². The predicted octanol–water partition coefficient (Wildman–Crippen LogP) is 8.86. The highest BCUT2D eigenvalue weighted by Crippen LogP contribution is 2.70. The molecule has 4 atom stereocenters. The summed E-state index contributed by atoms with van der Waals surface area (Å²) < 4.78 is 136. The van der Waals surface area contributed by atoms with Crippen molar-refractivity contribution in [3.8, 4) is 6.07 Å². The Balaban J connectivity index is 4.34. The lowest BCUT2D eigenvalue weighted by Crippen LogP contribution is -2.52. The molecule has 12 nitrogen and oxygen atoms in total. The van der Waals surface area contributed by atoms with Gasteiger partial charge >= 0.3 is 26.5 Å². The summed E-state index contributed by atoms with van der Waals surface area (Å²) in [4.78, 5) is 11.3. The van der Waals surface area contributed by atoms with Gasteiger partial charge in [0.05, 0.1) is 64.5 Å². The van der Waals surface area contributed by atoms with Gasteiger partial charge in [-0.1, -0.05) is 13.8 Å². The zero-order chi connectivity index (χ0) is 40.6. The van der Waals surface area contributed by atoms with Crippen molar-refractivity contribution in [2.75, 3.05) is 33.0 Å². The van der Waals surface area contributed by atoms with Crippen molar-refractivity contribution in [2.24, 2.45) is 5.92 Å². The summed E-state index contributed by atoms with van der Waals surface area (Å²) in [5.74, 6) is -0.941. The average Bonchev–Trinajstić information content (AvgIpc) is 3.20. The van der Waals surface area contributed by atoms with E-state index in [9.17, 15) is 19.2 Å². The number of alkyl halides is 4. The molecule has 306 valence electrons. The first-order valence-electron chi connectivity index (χ1n) is 17.9. The summed E-state index contributed by atoms with van der Waals surface area (Å²) in [6.45, 7) is 17.8. The molecule has 0 bridgehead atoms. The molecule has 0 aliphatic carbocycles. The number of nitrogens with zero attached hydrogens (tertiary/aromatic N) is 2. The Morgan fingerprint density at radius 1 is 0.923 bits per heavy atom. The van der Waals surface area contributed by atoms with Crippen LogP contribution in [-0.4, -0.2) is 99.8 Å². The third kappa shape index (κ3) is 12.0. The van der Waals surface area contributed by atoms with Crippen LogP contribution in [0.1, 0.15) is 94.9 Å². The molecule has 0 aromatic rings. The topological polar surface area (TPSA) is 146 Å².